The number of nitrogens with zero attached hydrogens (tertiary/aromatic N) is 2. The van der Waals surface area contributed by atoms with Crippen molar-refractivity contribution in [3.05, 3.63) is 126 Å². The molecule has 0 radical (unpaired) electrons. The molecule has 0 bridgehead atoms. The first-order valence-corrected chi connectivity index (χ1v) is 11.5. The zero-order valence-corrected chi connectivity index (χ0v) is 22.7. The molecular formula is C27H30N2S2Zr. The van der Waals surface area contributed by atoms with E-state index in [4.69, 9.17) is 25.3 Å². The first-order chi connectivity index (χ1) is 15.3. The van der Waals surface area contributed by atoms with Crippen LogP contribution < -0.4 is 0 Å². The number of rotatable bonds is 5. The van der Waals surface area contributed by atoms with Gasteiger partial charge in [-0.2, -0.15) is 54.1 Å². The smallest absolute Gasteiger partial charge is 0.787 e. The minimum absolute atomic E-state index is 0. The van der Waals surface area contributed by atoms with Gasteiger partial charge in [0, 0.05) is 23.8 Å². The summed E-state index contributed by atoms with van der Waals surface area (Å²) >= 11 is 9.51. The van der Waals surface area contributed by atoms with Gasteiger partial charge in [0.2, 0.25) is 0 Å². The van der Waals surface area contributed by atoms with E-state index in [9.17, 15) is 0 Å². The maximum absolute atomic E-state index is 4.76. The summed E-state index contributed by atoms with van der Waals surface area (Å²) in [5.41, 5.74) is 3.43. The van der Waals surface area contributed by atoms with E-state index in [0.717, 1.165) is 11.4 Å². The van der Waals surface area contributed by atoms with Gasteiger partial charge < -0.3 is 25.3 Å². The molecule has 0 atom stereocenters. The van der Waals surface area contributed by atoms with Crippen molar-refractivity contribution in [1.82, 2.24) is 9.97 Å². The van der Waals surface area contributed by atoms with Crippen LogP contribution in [0.4, 0.5) is 0 Å². The second-order valence-electron chi connectivity index (χ2n) is 6.40. The Bertz CT molecular complexity index is 777. The van der Waals surface area contributed by atoms with Gasteiger partial charge in [0.15, 0.2) is 0 Å². The average Bonchev–Trinajstić information content (AvgIpc) is 3.40. The predicted octanol–water partition coefficient (Wildman–Crippen LogP) is 6.49. The summed E-state index contributed by atoms with van der Waals surface area (Å²) in [5.74, 6) is 1.22. The predicted molar refractivity (Wildman–Crippen MR) is 137 cm³/mol. The SMILES string of the molecule is CCCC[c-]1cccc1.[S-]Cc1ccccn1.[S-]Cc1ccccn1.[Zr+4].[c-]1ccccc1. The van der Waals surface area contributed by atoms with Gasteiger partial charge in [0.05, 0.1) is 0 Å². The molecule has 0 saturated carbocycles. The van der Waals surface area contributed by atoms with E-state index >= 15 is 0 Å². The number of benzene rings is 1. The molecule has 2 nitrogen and oxygen atoms in total. The molecule has 0 unspecified atom stereocenters. The number of aryl methyl sites for hydroxylation is 1. The third-order valence-electron chi connectivity index (χ3n) is 3.91. The number of pyridine rings is 2. The second-order valence-corrected chi connectivity index (χ2v) is 6.98. The fourth-order valence-electron chi connectivity index (χ4n) is 2.27. The molecular weight excluding hydrogens is 508 g/mol. The number of unbranched alkanes of at least 4 members (excludes halogenated alkanes) is 1. The quantitative estimate of drug-likeness (QED) is 0.215. The van der Waals surface area contributed by atoms with Crippen molar-refractivity contribution in [3.63, 3.8) is 0 Å². The summed E-state index contributed by atoms with van der Waals surface area (Å²) in [4.78, 5) is 7.99. The van der Waals surface area contributed by atoms with E-state index in [2.05, 4.69) is 47.2 Å². The zero-order chi connectivity index (χ0) is 22.4. The molecule has 0 fully saturated rings. The first-order valence-electron chi connectivity index (χ1n) is 10.4. The Hall–Kier alpha value is -1.55. The van der Waals surface area contributed by atoms with Crippen LogP contribution in [0.1, 0.15) is 36.7 Å². The maximum Gasteiger partial charge on any atom is 4.00 e. The van der Waals surface area contributed by atoms with Crippen molar-refractivity contribution in [2.45, 2.75) is 37.7 Å². The third-order valence-corrected chi connectivity index (χ3v) is 4.50. The normalized spacial score (nSPS) is 8.84. The summed E-state index contributed by atoms with van der Waals surface area (Å²) in [6.07, 6.45) is 7.38. The molecule has 4 aromatic rings. The van der Waals surface area contributed by atoms with Crippen molar-refractivity contribution < 1.29 is 26.2 Å². The summed E-state index contributed by atoms with van der Waals surface area (Å²) in [7, 11) is 0. The van der Waals surface area contributed by atoms with Crippen LogP contribution in [0.25, 0.3) is 0 Å². The molecule has 2 aromatic carbocycles. The molecule has 2 aromatic heterocycles. The summed E-state index contributed by atoms with van der Waals surface area (Å²) < 4.78 is 0. The molecule has 0 saturated heterocycles. The van der Waals surface area contributed by atoms with E-state index < -0.39 is 0 Å². The minimum Gasteiger partial charge on any atom is -0.787 e. The van der Waals surface area contributed by atoms with Gasteiger partial charge in [0.25, 0.3) is 0 Å². The second kappa shape index (κ2) is 22.6. The van der Waals surface area contributed by atoms with Crippen LogP contribution in [0, 0.1) is 6.07 Å². The number of hydrogen-bond acceptors (Lipinski definition) is 4. The number of hydrogen-bond donors (Lipinski definition) is 0. The van der Waals surface area contributed by atoms with Crippen LogP contribution in [0.5, 0.6) is 0 Å². The van der Waals surface area contributed by atoms with Gasteiger partial charge in [-0.15, -0.1) is 11.5 Å². The maximum atomic E-state index is 4.76. The van der Waals surface area contributed by atoms with Gasteiger partial charge in [-0.05, 0) is 24.3 Å². The van der Waals surface area contributed by atoms with Crippen LogP contribution in [-0.2, 0) is 69.4 Å². The van der Waals surface area contributed by atoms with Crippen molar-refractivity contribution in [3.8, 4) is 0 Å². The molecule has 0 N–H and O–H groups in total. The van der Waals surface area contributed by atoms with Crippen molar-refractivity contribution >= 4 is 25.3 Å². The largest absolute Gasteiger partial charge is 4.00 e. The minimum atomic E-state index is 0. The molecule has 0 aliphatic rings. The molecule has 5 heteroatoms. The van der Waals surface area contributed by atoms with Gasteiger partial charge in [-0.25, -0.2) is 12.1 Å². The van der Waals surface area contributed by atoms with Gasteiger partial charge >= 0.3 is 26.2 Å². The molecule has 164 valence electrons. The Morgan fingerprint density at radius 2 is 1.28 bits per heavy atom. The first kappa shape index (κ1) is 30.5. The topological polar surface area (TPSA) is 25.8 Å². The summed E-state index contributed by atoms with van der Waals surface area (Å²) in [6.45, 7) is 2.23. The number of aromatic nitrogens is 2. The molecule has 4 rings (SSSR count). The van der Waals surface area contributed by atoms with Gasteiger partial charge in [0.1, 0.15) is 0 Å². The molecule has 0 aliphatic heterocycles. The molecule has 32 heavy (non-hydrogen) atoms. The molecule has 0 amide bonds. The zero-order valence-electron chi connectivity index (χ0n) is 18.6. The van der Waals surface area contributed by atoms with Crippen LogP contribution in [0.15, 0.2) is 103 Å². The van der Waals surface area contributed by atoms with Gasteiger partial charge in [-0.3, -0.25) is 9.97 Å². The summed E-state index contributed by atoms with van der Waals surface area (Å²) in [6, 6.07) is 32.6. The molecule has 0 aliphatic carbocycles. The Morgan fingerprint density at radius 3 is 1.56 bits per heavy atom. The standard InChI is InChI=1S/C9H13.2C6H7NS.C6H5.Zr/c1-2-3-6-9-7-4-5-8-9;2*8-5-6-3-1-2-4-7-6;1-2-4-6-5-3-1;/h4-5,7-8H,2-3,6H2,1H3;2*1-4,8H,5H2;1-5H;/q-1;;;-1;+4/p-2. The fourth-order valence-corrected chi connectivity index (χ4v) is 2.61. The van der Waals surface area contributed by atoms with E-state index in [-0.39, 0.29) is 26.2 Å². The Kier molecular flexibility index (Phi) is 21.5. The fraction of sp³-hybridized carbons (Fsp3) is 0.222. The van der Waals surface area contributed by atoms with Crippen molar-refractivity contribution in [2.24, 2.45) is 0 Å². The summed E-state index contributed by atoms with van der Waals surface area (Å²) in [5, 5.41) is 0. The van der Waals surface area contributed by atoms with Crippen molar-refractivity contribution in [2.75, 3.05) is 0 Å². The Labute approximate surface area is 224 Å². The van der Waals surface area contributed by atoms with Crippen LogP contribution in [0.3, 0.4) is 0 Å². The monoisotopic (exact) mass is 536 g/mol. The van der Waals surface area contributed by atoms with Gasteiger partial charge in [-0.1, -0.05) is 38.3 Å². The van der Waals surface area contributed by atoms with E-state index in [1.807, 2.05) is 66.7 Å². The Balaban J connectivity index is 0.000000400. The Morgan fingerprint density at radius 1 is 0.750 bits per heavy atom. The van der Waals surface area contributed by atoms with E-state index in [1.165, 1.54) is 24.8 Å². The van der Waals surface area contributed by atoms with Crippen molar-refractivity contribution in [1.29, 1.82) is 0 Å². The van der Waals surface area contributed by atoms with E-state index in [1.54, 1.807) is 12.4 Å². The third kappa shape index (κ3) is 17.1. The molecule has 2 heterocycles. The van der Waals surface area contributed by atoms with Crippen LogP contribution >= 0.6 is 0 Å². The van der Waals surface area contributed by atoms with E-state index in [0.29, 0.717) is 11.5 Å². The molecule has 0 spiro atoms. The van der Waals surface area contributed by atoms with Crippen LogP contribution in [-0.4, -0.2) is 9.97 Å². The average molecular weight is 538 g/mol. The van der Waals surface area contributed by atoms with Crippen LogP contribution in [0.2, 0.25) is 0 Å².